The normalized spacial score (nSPS) is 12.8. The van der Waals surface area contributed by atoms with Crippen molar-refractivity contribution < 1.29 is 9.84 Å². The van der Waals surface area contributed by atoms with Crippen molar-refractivity contribution in [3.63, 3.8) is 0 Å². The van der Waals surface area contributed by atoms with E-state index in [0.717, 1.165) is 16.9 Å². The Hall–Kier alpha value is -2.06. The molecule has 3 aromatic carbocycles. The Kier molecular flexibility index (Phi) is 4.86. The van der Waals surface area contributed by atoms with E-state index in [1.807, 2.05) is 0 Å². The summed E-state index contributed by atoms with van der Waals surface area (Å²) >= 11 is -1.31. The first-order chi connectivity index (χ1) is 13.0. The molecule has 1 aliphatic rings. The van der Waals surface area contributed by atoms with Gasteiger partial charge in [-0.05, 0) is 0 Å². The summed E-state index contributed by atoms with van der Waals surface area (Å²) in [5.74, 6) is 0.908. The molecule has 3 aromatic rings. The number of hydrogen-bond acceptors (Lipinski definition) is 2. The van der Waals surface area contributed by atoms with Crippen molar-refractivity contribution in [2.24, 2.45) is 0 Å². The van der Waals surface area contributed by atoms with Crippen molar-refractivity contribution in [1.29, 1.82) is 0 Å². The number of hydrogen-bond donors (Lipinski definition) is 1. The molecule has 0 bridgehead atoms. The van der Waals surface area contributed by atoms with E-state index >= 15 is 0 Å². The molecular weight excluding hydrogens is 399 g/mol. The fourth-order valence-corrected chi connectivity index (χ4v) is 9.13. The SMILES string of the molecule is Cc1ccc2c(c1)-c1cc(C)ccc1[Se]2c1cc(C)c(OCCO)c(C)c1. The second-order valence-electron chi connectivity index (χ2n) is 7.26. The molecular formula is C24H25O2Se. The third kappa shape index (κ3) is 3.21. The predicted octanol–water partition coefficient (Wildman–Crippen LogP) is 2.79. The van der Waals surface area contributed by atoms with Crippen LogP contribution in [0.15, 0.2) is 48.5 Å². The van der Waals surface area contributed by atoms with Gasteiger partial charge in [0.05, 0.1) is 0 Å². The van der Waals surface area contributed by atoms with Gasteiger partial charge in [-0.25, -0.2) is 0 Å². The van der Waals surface area contributed by atoms with Crippen LogP contribution in [0, 0.1) is 27.7 Å². The second kappa shape index (κ2) is 7.16. The van der Waals surface area contributed by atoms with E-state index < -0.39 is 13.9 Å². The van der Waals surface area contributed by atoms with E-state index in [1.54, 1.807) is 0 Å². The summed E-state index contributed by atoms with van der Waals surface area (Å²) < 4.78 is 10.2. The molecule has 0 unspecified atom stereocenters. The first kappa shape index (κ1) is 18.3. The van der Waals surface area contributed by atoms with Gasteiger partial charge in [0.25, 0.3) is 0 Å². The number of benzene rings is 3. The Morgan fingerprint density at radius 2 is 1.30 bits per heavy atom. The van der Waals surface area contributed by atoms with Crippen molar-refractivity contribution in [3.8, 4) is 16.9 Å². The summed E-state index contributed by atoms with van der Waals surface area (Å²) in [6, 6.07) is 18.4. The van der Waals surface area contributed by atoms with E-state index in [0.29, 0.717) is 6.61 Å². The summed E-state index contributed by atoms with van der Waals surface area (Å²) in [5, 5.41) is 9.08. The van der Waals surface area contributed by atoms with Gasteiger partial charge in [-0.3, -0.25) is 0 Å². The Labute approximate surface area is 165 Å². The van der Waals surface area contributed by atoms with Crippen LogP contribution in [-0.4, -0.2) is 32.2 Å². The molecule has 0 spiro atoms. The molecule has 27 heavy (non-hydrogen) atoms. The minimum atomic E-state index is -1.31. The predicted molar refractivity (Wildman–Crippen MR) is 115 cm³/mol. The summed E-state index contributed by atoms with van der Waals surface area (Å²) in [6.45, 7) is 8.93. The third-order valence-electron chi connectivity index (χ3n) is 5.01. The van der Waals surface area contributed by atoms with Crippen LogP contribution in [-0.2, 0) is 0 Å². The Morgan fingerprint density at radius 1 is 0.778 bits per heavy atom. The van der Waals surface area contributed by atoms with E-state index in [4.69, 9.17) is 9.84 Å². The molecule has 4 rings (SSSR count). The Bertz CT molecular complexity index is 948. The standard InChI is InChI=1S/C24H25O2Se/c1-15-5-7-22-20(11-15)21-12-16(2)6-8-23(21)27(22)19-13-17(3)24(18(4)14-19)26-10-9-25/h5-8,11-14,25H,9-10H2,1-4H3. The zero-order valence-electron chi connectivity index (χ0n) is 16.3. The first-order valence-electron chi connectivity index (χ1n) is 9.30. The number of fused-ring (bicyclic) bond motifs is 3. The minimum absolute atomic E-state index is 0.0383. The van der Waals surface area contributed by atoms with Crippen LogP contribution >= 0.6 is 0 Å². The van der Waals surface area contributed by atoms with E-state index in [-0.39, 0.29) is 6.61 Å². The van der Waals surface area contributed by atoms with Crippen molar-refractivity contribution in [1.82, 2.24) is 0 Å². The zero-order valence-corrected chi connectivity index (χ0v) is 18.0. The van der Waals surface area contributed by atoms with Crippen LogP contribution in [0.5, 0.6) is 5.75 Å². The average molecular weight is 424 g/mol. The van der Waals surface area contributed by atoms with Gasteiger partial charge in [0, 0.05) is 0 Å². The van der Waals surface area contributed by atoms with Crippen molar-refractivity contribution in [3.05, 3.63) is 70.8 Å². The van der Waals surface area contributed by atoms with E-state index in [1.165, 1.54) is 35.6 Å². The molecule has 0 fully saturated rings. The van der Waals surface area contributed by atoms with Crippen LogP contribution < -0.4 is 18.1 Å². The quantitative estimate of drug-likeness (QED) is 0.511. The van der Waals surface area contributed by atoms with Gasteiger partial charge in [0.2, 0.25) is 0 Å². The molecule has 1 heterocycles. The number of aliphatic hydroxyl groups excluding tert-OH is 1. The summed E-state index contributed by atoms with van der Waals surface area (Å²) in [5.41, 5.74) is 7.75. The fourth-order valence-electron chi connectivity index (χ4n) is 3.84. The van der Waals surface area contributed by atoms with Crippen molar-refractivity contribution in [2.75, 3.05) is 13.2 Å². The molecule has 0 saturated carbocycles. The topological polar surface area (TPSA) is 29.5 Å². The Morgan fingerprint density at radius 3 is 1.78 bits per heavy atom. The van der Waals surface area contributed by atoms with Crippen molar-refractivity contribution in [2.45, 2.75) is 27.7 Å². The number of aliphatic hydroxyl groups is 1. The van der Waals surface area contributed by atoms with Gasteiger partial charge in [0.1, 0.15) is 0 Å². The molecule has 0 aromatic heterocycles. The van der Waals surface area contributed by atoms with Crippen LogP contribution in [0.25, 0.3) is 11.1 Å². The van der Waals surface area contributed by atoms with E-state index in [2.05, 4.69) is 76.2 Å². The monoisotopic (exact) mass is 425 g/mol. The molecule has 3 heteroatoms. The fraction of sp³-hybridized carbons (Fsp3) is 0.250. The average Bonchev–Trinajstić information content (AvgIpc) is 2.94. The van der Waals surface area contributed by atoms with Gasteiger partial charge in [0.15, 0.2) is 0 Å². The third-order valence-corrected chi connectivity index (χ3v) is 9.83. The first-order valence-corrected chi connectivity index (χ1v) is 11.9. The summed E-state index contributed by atoms with van der Waals surface area (Å²) in [4.78, 5) is 0. The molecule has 2 nitrogen and oxygen atoms in total. The second-order valence-corrected chi connectivity index (χ2v) is 11.4. The molecule has 139 valence electrons. The molecule has 0 atom stereocenters. The molecule has 0 amide bonds. The van der Waals surface area contributed by atoms with Crippen LogP contribution in [0.1, 0.15) is 22.3 Å². The van der Waals surface area contributed by atoms with Gasteiger partial charge in [-0.2, -0.15) is 0 Å². The van der Waals surface area contributed by atoms with Crippen LogP contribution in [0.2, 0.25) is 0 Å². The Balaban J connectivity index is 1.88. The van der Waals surface area contributed by atoms with E-state index in [9.17, 15) is 0 Å². The zero-order chi connectivity index (χ0) is 19.1. The maximum absolute atomic E-state index is 9.08. The van der Waals surface area contributed by atoms with Crippen LogP contribution in [0.4, 0.5) is 0 Å². The summed E-state index contributed by atoms with van der Waals surface area (Å²) in [7, 11) is 0. The molecule has 1 radical (unpaired) electrons. The maximum atomic E-state index is 9.08. The number of aryl methyl sites for hydroxylation is 4. The van der Waals surface area contributed by atoms with Gasteiger partial charge >= 0.3 is 166 Å². The molecule has 0 aliphatic carbocycles. The van der Waals surface area contributed by atoms with Crippen LogP contribution in [0.3, 0.4) is 0 Å². The van der Waals surface area contributed by atoms with Gasteiger partial charge < -0.3 is 0 Å². The summed E-state index contributed by atoms with van der Waals surface area (Å²) in [6.07, 6.45) is 0. The van der Waals surface area contributed by atoms with Crippen molar-refractivity contribution >= 4 is 27.3 Å². The molecule has 1 aliphatic heterocycles. The molecule has 0 saturated heterocycles. The number of ether oxygens (including phenoxy) is 1. The van der Waals surface area contributed by atoms with Gasteiger partial charge in [-0.1, -0.05) is 0 Å². The molecule has 1 N–H and O–H groups in total. The van der Waals surface area contributed by atoms with Gasteiger partial charge in [-0.15, -0.1) is 0 Å². The number of rotatable bonds is 4.